The van der Waals surface area contributed by atoms with Gasteiger partial charge in [-0.3, -0.25) is 4.79 Å². The number of carbonyl (C=O) groups excluding carboxylic acids is 1. The van der Waals surface area contributed by atoms with Crippen LogP contribution in [0.1, 0.15) is 23.2 Å². The molecular formula is C13H16FNO3. The Bertz CT molecular complexity index is 450. The van der Waals surface area contributed by atoms with E-state index in [4.69, 9.17) is 5.11 Å². The molecule has 0 bridgehead atoms. The highest BCUT2D eigenvalue weighted by Gasteiger charge is 2.27. The van der Waals surface area contributed by atoms with Crippen molar-refractivity contribution in [2.24, 2.45) is 5.92 Å². The maximum absolute atomic E-state index is 13.1. The number of aromatic hydroxyl groups is 1. The minimum Gasteiger partial charge on any atom is -0.507 e. The lowest BCUT2D eigenvalue weighted by atomic mass is 10.1. The first-order chi connectivity index (χ1) is 8.61. The highest BCUT2D eigenvalue weighted by molar-refractivity contribution is 5.97. The van der Waals surface area contributed by atoms with Crippen LogP contribution >= 0.6 is 0 Å². The SMILES string of the molecule is O=C(c1cc(F)ccc1O)N1CCC(CCO)C1. The van der Waals surface area contributed by atoms with E-state index in [1.54, 1.807) is 4.90 Å². The number of hydrogen-bond acceptors (Lipinski definition) is 3. The molecule has 98 valence electrons. The molecule has 0 aliphatic carbocycles. The minimum absolute atomic E-state index is 0.000325. The number of carbonyl (C=O) groups is 1. The fraction of sp³-hybridized carbons (Fsp3) is 0.462. The Morgan fingerprint density at radius 2 is 2.28 bits per heavy atom. The summed E-state index contributed by atoms with van der Waals surface area (Å²) in [6, 6.07) is 3.35. The van der Waals surface area contributed by atoms with E-state index in [0.29, 0.717) is 19.5 Å². The molecule has 1 fully saturated rings. The van der Waals surface area contributed by atoms with Crippen LogP contribution in [0.25, 0.3) is 0 Å². The van der Waals surface area contributed by atoms with Crippen LogP contribution in [0.2, 0.25) is 0 Å². The Hall–Kier alpha value is -1.62. The molecule has 0 aromatic heterocycles. The molecule has 1 heterocycles. The predicted octanol–water partition coefficient (Wildman–Crippen LogP) is 1.38. The molecular weight excluding hydrogens is 237 g/mol. The second-order valence-electron chi connectivity index (χ2n) is 4.58. The summed E-state index contributed by atoms with van der Waals surface area (Å²) >= 11 is 0. The standard InChI is InChI=1S/C13H16FNO3/c14-10-1-2-12(17)11(7-10)13(18)15-5-3-9(8-15)4-6-16/h1-2,7,9,16-17H,3-6,8H2. The number of phenolic OH excluding ortho intramolecular Hbond substituents is 1. The van der Waals surface area contributed by atoms with Gasteiger partial charge in [-0.25, -0.2) is 4.39 Å². The largest absolute Gasteiger partial charge is 0.507 e. The molecule has 5 heteroatoms. The van der Waals surface area contributed by atoms with Gasteiger partial charge in [0.2, 0.25) is 0 Å². The predicted molar refractivity (Wildman–Crippen MR) is 63.8 cm³/mol. The number of likely N-dealkylation sites (tertiary alicyclic amines) is 1. The Labute approximate surface area is 105 Å². The van der Waals surface area contributed by atoms with Gasteiger partial charge in [-0.15, -0.1) is 0 Å². The van der Waals surface area contributed by atoms with E-state index in [-0.39, 0.29) is 29.7 Å². The van der Waals surface area contributed by atoms with Crippen molar-refractivity contribution >= 4 is 5.91 Å². The van der Waals surface area contributed by atoms with Crippen molar-refractivity contribution in [2.45, 2.75) is 12.8 Å². The second kappa shape index (κ2) is 5.35. The van der Waals surface area contributed by atoms with Crippen molar-refractivity contribution in [3.05, 3.63) is 29.6 Å². The molecule has 18 heavy (non-hydrogen) atoms. The average molecular weight is 253 g/mol. The summed E-state index contributed by atoms with van der Waals surface area (Å²) in [5, 5.41) is 18.4. The summed E-state index contributed by atoms with van der Waals surface area (Å²) < 4.78 is 13.1. The number of halogens is 1. The highest BCUT2D eigenvalue weighted by Crippen LogP contribution is 2.25. The maximum atomic E-state index is 13.1. The van der Waals surface area contributed by atoms with Crippen molar-refractivity contribution in [1.82, 2.24) is 4.90 Å². The second-order valence-corrected chi connectivity index (χ2v) is 4.58. The Morgan fingerprint density at radius 3 is 3.00 bits per heavy atom. The molecule has 2 N–H and O–H groups in total. The average Bonchev–Trinajstić information content (AvgIpc) is 2.80. The lowest BCUT2D eigenvalue weighted by Gasteiger charge is -2.17. The molecule has 1 aromatic rings. The van der Waals surface area contributed by atoms with Crippen molar-refractivity contribution in [1.29, 1.82) is 0 Å². The number of nitrogens with zero attached hydrogens (tertiary/aromatic N) is 1. The summed E-state index contributed by atoms with van der Waals surface area (Å²) in [7, 11) is 0. The normalized spacial score (nSPS) is 19.2. The smallest absolute Gasteiger partial charge is 0.257 e. The van der Waals surface area contributed by atoms with Crippen LogP contribution < -0.4 is 0 Å². The van der Waals surface area contributed by atoms with E-state index in [2.05, 4.69) is 0 Å². The molecule has 4 nitrogen and oxygen atoms in total. The van der Waals surface area contributed by atoms with Crippen molar-refractivity contribution in [2.75, 3.05) is 19.7 Å². The van der Waals surface area contributed by atoms with Gasteiger partial charge in [-0.1, -0.05) is 0 Å². The van der Waals surface area contributed by atoms with E-state index >= 15 is 0 Å². The van der Waals surface area contributed by atoms with Crippen LogP contribution in [-0.4, -0.2) is 40.7 Å². The Balaban J connectivity index is 2.10. The van der Waals surface area contributed by atoms with E-state index in [0.717, 1.165) is 18.6 Å². The first-order valence-electron chi connectivity index (χ1n) is 6.00. The first-order valence-corrected chi connectivity index (χ1v) is 6.00. The summed E-state index contributed by atoms with van der Waals surface area (Å²) in [5.41, 5.74) is -0.000325. The number of aliphatic hydroxyl groups is 1. The first kappa shape index (κ1) is 12.8. The van der Waals surface area contributed by atoms with E-state index in [1.807, 2.05) is 0 Å². The van der Waals surface area contributed by atoms with Gasteiger partial charge in [-0.05, 0) is 37.0 Å². The van der Waals surface area contributed by atoms with Gasteiger partial charge < -0.3 is 15.1 Å². The van der Waals surface area contributed by atoms with Crippen LogP contribution in [0.3, 0.4) is 0 Å². The third-order valence-electron chi connectivity index (χ3n) is 3.30. The number of rotatable bonds is 3. The molecule has 1 aliphatic heterocycles. The van der Waals surface area contributed by atoms with Crippen LogP contribution in [0.15, 0.2) is 18.2 Å². The van der Waals surface area contributed by atoms with Gasteiger partial charge >= 0.3 is 0 Å². The number of aliphatic hydroxyl groups excluding tert-OH is 1. The molecule has 2 rings (SSSR count). The third-order valence-corrected chi connectivity index (χ3v) is 3.30. The van der Waals surface area contributed by atoms with Gasteiger partial charge in [0.15, 0.2) is 0 Å². The topological polar surface area (TPSA) is 60.8 Å². The molecule has 0 radical (unpaired) electrons. The van der Waals surface area contributed by atoms with Crippen LogP contribution in [0.5, 0.6) is 5.75 Å². The van der Waals surface area contributed by atoms with Crippen LogP contribution in [0.4, 0.5) is 4.39 Å². The quantitative estimate of drug-likeness (QED) is 0.855. The van der Waals surface area contributed by atoms with Gasteiger partial charge in [-0.2, -0.15) is 0 Å². The zero-order chi connectivity index (χ0) is 13.1. The Morgan fingerprint density at radius 1 is 1.50 bits per heavy atom. The zero-order valence-corrected chi connectivity index (χ0v) is 9.97. The van der Waals surface area contributed by atoms with Crippen molar-refractivity contribution < 1.29 is 19.4 Å². The minimum atomic E-state index is -0.540. The molecule has 0 spiro atoms. The van der Waals surface area contributed by atoms with Gasteiger partial charge in [0.1, 0.15) is 11.6 Å². The summed E-state index contributed by atoms with van der Waals surface area (Å²) in [6.45, 7) is 1.24. The molecule has 1 saturated heterocycles. The van der Waals surface area contributed by atoms with Crippen molar-refractivity contribution in [3.8, 4) is 5.75 Å². The fourth-order valence-corrected chi connectivity index (χ4v) is 2.29. The molecule has 1 aromatic carbocycles. The number of phenols is 1. The lowest BCUT2D eigenvalue weighted by molar-refractivity contribution is 0.0781. The van der Waals surface area contributed by atoms with E-state index in [1.165, 1.54) is 6.07 Å². The summed E-state index contributed by atoms with van der Waals surface area (Å²) in [5.74, 6) is -0.809. The maximum Gasteiger partial charge on any atom is 0.257 e. The summed E-state index contributed by atoms with van der Waals surface area (Å²) in [6.07, 6.45) is 1.50. The molecule has 1 atom stereocenters. The van der Waals surface area contributed by atoms with Crippen molar-refractivity contribution in [3.63, 3.8) is 0 Å². The van der Waals surface area contributed by atoms with E-state index in [9.17, 15) is 14.3 Å². The summed E-state index contributed by atoms with van der Waals surface area (Å²) in [4.78, 5) is 13.7. The number of hydrogen-bond donors (Lipinski definition) is 2. The van der Waals surface area contributed by atoms with Crippen LogP contribution in [0, 0.1) is 11.7 Å². The lowest BCUT2D eigenvalue weighted by Crippen LogP contribution is -2.29. The van der Waals surface area contributed by atoms with E-state index < -0.39 is 5.82 Å². The number of amides is 1. The highest BCUT2D eigenvalue weighted by atomic mass is 19.1. The third kappa shape index (κ3) is 2.61. The molecule has 1 unspecified atom stereocenters. The van der Waals surface area contributed by atoms with Gasteiger partial charge in [0.25, 0.3) is 5.91 Å². The molecule has 0 saturated carbocycles. The number of benzene rings is 1. The monoisotopic (exact) mass is 253 g/mol. The Kier molecular flexibility index (Phi) is 3.81. The molecule has 1 amide bonds. The fourth-order valence-electron chi connectivity index (χ4n) is 2.29. The van der Waals surface area contributed by atoms with Gasteiger partial charge in [0.05, 0.1) is 5.56 Å². The zero-order valence-electron chi connectivity index (χ0n) is 9.97. The molecule has 1 aliphatic rings. The van der Waals surface area contributed by atoms with Gasteiger partial charge in [0, 0.05) is 19.7 Å². The van der Waals surface area contributed by atoms with Crippen LogP contribution in [-0.2, 0) is 0 Å².